The van der Waals surface area contributed by atoms with Crippen LogP contribution in [0.15, 0.2) is 24.3 Å². The molecule has 0 aliphatic carbocycles. The van der Waals surface area contributed by atoms with Crippen molar-refractivity contribution in [3.8, 4) is 11.5 Å². The van der Waals surface area contributed by atoms with Gasteiger partial charge in [0.1, 0.15) is 11.5 Å². The molecule has 2 aromatic carbocycles. The van der Waals surface area contributed by atoms with E-state index in [1.807, 2.05) is 45.9 Å². The molecule has 182 valence electrons. The van der Waals surface area contributed by atoms with Gasteiger partial charge in [0, 0.05) is 16.7 Å². The first kappa shape index (κ1) is 27.0. The van der Waals surface area contributed by atoms with Gasteiger partial charge in [0.25, 0.3) is 0 Å². The summed E-state index contributed by atoms with van der Waals surface area (Å²) in [5.74, 6) is 0.467. The summed E-state index contributed by atoms with van der Waals surface area (Å²) in [7, 11) is 0. The van der Waals surface area contributed by atoms with E-state index in [0.717, 1.165) is 22.3 Å². The highest BCUT2D eigenvalue weighted by molar-refractivity contribution is 5.94. The summed E-state index contributed by atoms with van der Waals surface area (Å²) in [5, 5.41) is 11.1. The number of ether oxygens (including phenoxy) is 1. The van der Waals surface area contributed by atoms with E-state index in [1.54, 1.807) is 0 Å². The first-order valence-electron chi connectivity index (χ1n) is 11.9. The number of hydrogen-bond donors (Lipinski definition) is 1. The molecular formula is C30H44O3. The molecule has 33 heavy (non-hydrogen) atoms. The van der Waals surface area contributed by atoms with Gasteiger partial charge >= 0.3 is 5.97 Å². The lowest BCUT2D eigenvalue weighted by Crippen LogP contribution is -2.23. The number of phenols is 1. The van der Waals surface area contributed by atoms with Gasteiger partial charge in [-0.3, -0.25) is 0 Å². The molecule has 0 bridgehead atoms. The Kier molecular flexibility index (Phi) is 6.93. The lowest BCUT2D eigenvalue weighted by Gasteiger charge is -2.30. The lowest BCUT2D eigenvalue weighted by atomic mass is 9.76. The van der Waals surface area contributed by atoms with Crippen molar-refractivity contribution in [1.29, 1.82) is 0 Å². The van der Waals surface area contributed by atoms with Crippen LogP contribution in [0.3, 0.4) is 0 Å². The van der Waals surface area contributed by atoms with Crippen LogP contribution in [0.4, 0.5) is 0 Å². The second kappa shape index (κ2) is 8.49. The van der Waals surface area contributed by atoms with E-state index in [4.69, 9.17) is 4.74 Å². The van der Waals surface area contributed by atoms with Gasteiger partial charge in [-0.25, -0.2) is 4.79 Å². The zero-order chi connectivity index (χ0) is 25.7. The first-order valence-corrected chi connectivity index (χ1v) is 11.9. The number of carbonyl (C=O) groups is 1. The first-order chi connectivity index (χ1) is 14.7. The highest BCUT2D eigenvalue weighted by Crippen LogP contribution is 2.43. The monoisotopic (exact) mass is 452 g/mol. The predicted molar refractivity (Wildman–Crippen MR) is 139 cm³/mol. The van der Waals surface area contributed by atoms with Crippen molar-refractivity contribution in [2.24, 2.45) is 0 Å². The van der Waals surface area contributed by atoms with E-state index in [2.05, 4.69) is 68.4 Å². The van der Waals surface area contributed by atoms with Crippen LogP contribution in [0.1, 0.15) is 121 Å². The number of phenolic OH excluding ortho intramolecular Hbond substituents is 1. The Morgan fingerprint density at radius 1 is 0.727 bits per heavy atom. The number of benzene rings is 2. The fraction of sp³-hybridized carbons (Fsp3) is 0.567. The van der Waals surface area contributed by atoms with E-state index >= 15 is 0 Å². The Hall–Kier alpha value is -2.29. The molecular weight excluding hydrogens is 408 g/mol. The molecule has 0 atom stereocenters. The summed E-state index contributed by atoms with van der Waals surface area (Å²) >= 11 is 0. The van der Waals surface area contributed by atoms with Crippen molar-refractivity contribution in [2.75, 3.05) is 0 Å². The molecule has 0 radical (unpaired) electrons. The highest BCUT2D eigenvalue weighted by Gasteiger charge is 2.32. The Morgan fingerprint density at radius 2 is 1.24 bits per heavy atom. The zero-order valence-corrected chi connectivity index (χ0v) is 23.1. The summed E-state index contributed by atoms with van der Waals surface area (Å²) in [6.07, 6.45) is 0. The third-order valence-electron chi connectivity index (χ3n) is 6.19. The van der Waals surface area contributed by atoms with E-state index in [1.165, 1.54) is 5.56 Å². The van der Waals surface area contributed by atoms with Crippen LogP contribution in [0.25, 0.3) is 0 Å². The van der Waals surface area contributed by atoms with Crippen LogP contribution in [-0.2, 0) is 21.7 Å². The van der Waals surface area contributed by atoms with Crippen molar-refractivity contribution in [2.45, 2.75) is 112 Å². The van der Waals surface area contributed by atoms with E-state index < -0.39 is 5.97 Å². The molecule has 0 aliphatic rings. The number of rotatable bonds is 2. The molecule has 3 heteroatoms. The van der Waals surface area contributed by atoms with Gasteiger partial charge in [-0.1, -0.05) is 95.2 Å². The smallest absolute Gasteiger partial charge is 0.343 e. The molecule has 0 fully saturated rings. The molecule has 0 aromatic heterocycles. The average molecular weight is 453 g/mol. The molecule has 0 heterocycles. The van der Waals surface area contributed by atoms with Crippen molar-refractivity contribution in [3.63, 3.8) is 0 Å². The van der Waals surface area contributed by atoms with Crippen molar-refractivity contribution >= 4 is 5.97 Å². The van der Waals surface area contributed by atoms with Crippen LogP contribution in [0.2, 0.25) is 0 Å². The van der Waals surface area contributed by atoms with Crippen molar-refractivity contribution < 1.29 is 14.6 Å². The third kappa shape index (κ3) is 5.80. The molecule has 0 aliphatic heterocycles. The summed E-state index contributed by atoms with van der Waals surface area (Å²) in [5.41, 5.74) is 4.19. The van der Waals surface area contributed by atoms with E-state index in [-0.39, 0.29) is 27.4 Å². The standard InChI is InChI=1S/C30H44O3/c1-18-20(17-22(29(8,9)10)25(31)24(18)30(11,12)13)26(32)33-23-15-14-19(27(2,3)4)16-21(23)28(5,6)7/h14-17,31H,1-13H3. The van der Waals surface area contributed by atoms with Gasteiger partial charge in [0.05, 0.1) is 5.56 Å². The molecule has 0 saturated carbocycles. The average Bonchev–Trinajstić information content (AvgIpc) is 2.57. The van der Waals surface area contributed by atoms with Gasteiger partial charge in [0.2, 0.25) is 0 Å². The maximum Gasteiger partial charge on any atom is 0.343 e. The molecule has 0 unspecified atom stereocenters. The Labute approximate surface area is 201 Å². The molecule has 0 spiro atoms. The number of hydrogen-bond acceptors (Lipinski definition) is 3. The Balaban J connectivity index is 2.69. The summed E-state index contributed by atoms with van der Waals surface area (Å²) in [4.78, 5) is 13.6. The summed E-state index contributed by atoms with van der Waals surface area (Å²) in [6.45, 7) is 27.1. The summed E-state index contributed by atoms with van der Waals surface area (Å²) < 4.78 is 6.06. The third-order valence-corrected chi connectivity index (χ3v) is 6.19. The van der Waals surface area contributed by atoms with Crippen LogP contribution >= 0.6 is 0 Å². The fourth-order valence-electron chi connectivity index (χ4n) is 4.30. The SMILES string of the molecule is Cc1c(C(=O)Oc2ccc(C(C)(C)C)cc2C(C)(C)C)cc(C(C)(C)C)c(O)c1C(C)(C)C. The van der Waals surface area contributed by atoms with Crippen molar-refractivity contribution in [3.05, 3.63) is 57.6 Å². The maximum absolute atomic E-state index is 13.6. The van der Waals surface area contributed by atoms with Crippen LogP contribution < -0.4 is 4.74 Å². The van der Waals surface area contributed by atoms with Gasteiger partial charge in [-0.05, 0) is 51.8 Å². The molecule has 2 aromatic rings. The second-order valence-corrected chi connectivity index (χ2v) is 13.4. The lowest BCUT2D eigenvalue weighted by molar-refractivity contribution is 0.0730. The van der Waals surface area contributed by atoms with Crippen LogP contribution in [-0.4, -0.2) is 11.1 Å². The van der Waals surface area contributed by atoms with Gasteiger partial charge < -0.3 is 9.84 Å². The molecule has 3 nitrogen and oxygen atoms in total. The largest absolute Gasteiger partial charge is 0.507 e. The number of esters is 1. The van der Waals surface area contributed by atoms with Crippen LogP contribution in [0.5, 0.6) is 11.5 Å². The topological polar surface area (TPSA) is 46.5 Å². The van der Waals surface area contributed by atoms with Crippen LogP contribution in [0, 0.1) is 6.92 Å². The number of aromatic hydroxyl groups is 1. The van der Waals surface area contributed by atoms with Gasteiger partial charge in [-0.2, -0.15) is 0 Å². The zero-order valence-electron chi connectivity index (χ0n) is 23.1. The summed E-state index contributed by atoms with van der Waals surface area (Å²) in [6, 6.07) is 7.93. The molecule has 0 saturated heterocycles. The van der Waals surface area contributed by atoms with Crippen molar-refractivity contribution in [1.82, 2.24) is 0 Å². The van der Waals surface area contributed by atoms with E-state index in [9.17, 15) is 9.90 Å². The highest BCUT2D eigenvalue weighted by atomic mass is 16.5. The maximum atomic E-state index is 13.6. The molecule has 1 N–H and O–H groups in total. The minimum absolute atomic E-state index is 0.000690. The minimum atomic E-state index is -0.391. The quantitative estimate of drug-likeness (QED) is 0.370. The number of carbonyl (C=O) groups excluding carboxylic acids is 1. The predicted octanol–water partition coefficient (Wildman–Crippen LogP) is 8.11. The molecule has 0 amide bonds. The second-order valence-electron chi connectivity index (χ2n) is 13.4. The fourth-order valence-corrected chi connectivity index (χ4v) is 4.30. The molecule has 2 rings (SSSR count). The normalized spacial score (nSPS) is 13.2. The Bertz CT molecular complexity index is 1050. The van der Waals surface area contributed by atoms with Gasteiger partial charge in [0.15, 0.2) is 0 Å². The minimum Gasteiger partial charge on any atom is -0.507 e. The van der Waals surface area contributed by atoms with Gasteiger partial charge in [-0.15, -0.1) is 0 Å². The van der Waals surface area contributed by atoms with E-state index in [0.29, 0.717) is 11.3 Å². The Morgan fingerprint density at radius 3 is 1.67 bits per heavy atom.